The zero-order valence-corrected chi connectivity index (χ0v) is 18.0. The van der Waals surface area contributed by atoms with Gasteiger partial charge >= 0.3 is 0 Å². The number of amides is 1. The molecule has 2 aromatic rings. The number of hydrogen-bond acceptors (Lipinski definition) is 5. The monoisotopic (exact) mass is 420 g/mol. The number of nitrogens with zero attached hydrogens (tertiary/aromatic N) is 1. The largest absolute Gasteiger partial charge is 0.493 e. The van der Waals surface area contributed by atoms with Crippen molar-refractivity contribution >= 4 is 18.3 Å². The quantitative estimate of drug-likeness (QED) is 0.742. The van der Waals surface area contributed by atoms with Crippen molar-refractivity contribution in [2.24, 2.45) is 0 Å². The molecule has 7 heteroatoms. The van der Waals surface area contributed by atoms with Gasteiger partial charge in [-0.05, 0) is 37.6 Å². The summed E-state index contributed by atoms with van der Waals surface area (Å²) < 4.78 is 17.0. The lowest BCUT2D eigenvalue weighted by molar-refractivity contribution is 0.0706. The van der Waals surface area contributed by atoms with Gasteiger partial charge in [0.05, 0.1) is 14.2 Å². The van der Waals surface area contributed by atoms with E-state index in [1.54, 1.807) is 26.4 Å². The van der Waals surface area contributed by atoms with Crippen molar-refractivity contribution in [2.75, 3.05) is 34.4 Å². The van der Waals surface area contributed by atoms with E-state index in [1.807, 2.05) is 42.3 Å². The number of hydrogen-bond donors (Lipinski definition) is 1. The fourth-order valence-corrected chi connectivity index (χ4v) is 3.43. The van der Waals surface area contributed by atoms with Gasteiger partial charge < -0.3 is 24.4 Å². The van der Waals surface area contributed by atoms with Gasteiger partial charge in [-0.1, -0.05) is 30.3 Å². The molecule has 1 aliphatic rings. The van der Waals surface area contributed by atoms with Crippen LogP contribution in [0.4, 0.5) is 0 Å². The second-order valence-electron chi connectivity index (χ2n) is 6.84. The zero-order chi connectivity index (χ0) is 19.9. The van der Waals surface area contributed by atoms with Gasteiger partial charge in [-0.15, -0.1) is 12.4 Å². The highest BCUT2D eigenvalue weighted by Gasteiger charge is 2.25. The second-order valence-corrected chi connectivity index (χ2v) is 6.84. The average Bonchev–Trinajstić information content (AvgIpc) is 2.77. The SMILES string of the molecule is CNC1CCN(C(=O)c2cc(OC)c(OCc3ccccc3)c(OC)c2)CC1.Cl. The molecule has 2 aromatic carbocycles. The van der Waals surface area contributed by atoms with Crippen LogP contribution in [0.3, 0.4) is 0 Å². The highest BCUT2D eigenvalue weighted by Crippen LogP contribution is 2.39. The second kappa shape index (κ2) is 10.9. The fourth-order valence-electron chi connectivity index (χ4n) is 3.43. The lowest BCUT2D eigenvalue weighted by Gasteiger charge is -2.32. The molecule has 0 spiro atoms. The normalized spacial score (nSPS) is 14.1. The van der Waals surface area contributed by atoms with Crippen molar-refractivity contribution in [3.63, 3.8) is 0 Å². The summed E-state index contributed by atoms with van der Waals surface area (Å²) in [6, 6.07) is 13.8. The van der Waals surface area contributed by atoms with Crippen LogP contribution in [0.15, 0.2) is 42.5 Å². The summed E-state index contributed by atoms with van der Waals surface area (Å²) in [7, 11) is 5.10. The van der Waals surface area contributed by atoms with Crippen molar-refractivity contribution in [2.45, 2.75) is 25.5 Å². The highest BCUT2D eigenvalue weighted by molar-refractivity contribution is 5.95. The van der Waals surface area contributed by atoms with Crippen LogP contribution in [0.2, 0.25) is 0 Å². The molecule has 0 saturated carbocycles. The topological polar surface area (TPSA) is 60.0 Å². The van der Waals surface area contributed by atoms with Crippen molar-refractivity contribution < 1.29 is 19.0 Å². The first kappa shape index (κ1) is 22.8. The molecule has 1 fully saturated rings. The van der Waals surface area contributed by atoms with E-state index in [-0.39, 0.29) is 18.3 Å². The first-order chi connectivity index (χ1) is 13.7. The van der Waals surface area contributed by atoms with Crippen LogP contribution in [-0.2, 0) is 6.61 Å². The Balaban J connectivity index is 0.00000300. The fraction of sp³-hybridized carbons (Fsp3) is 0.409. The van der Waals surface area contributed by atoms with Crippen molar-refractivity contribution in [3.8, 4) is 17.2 Å². The number of rotatable bonds is 7. The molecule has 1 amide bonds. The van der Waals surface area contributed by atoms with E-state index in [0.717, 1.165) is 31.5 Å². The number of ether oxygens (including phenoxy) is 3. The number of nitrogens with one attached hydrogen (secondary N) is 1. The molecular weight excluding hydrogens is 392 g/mol. The average molecular weight is 421 g/mol. The maximum atomic E-state index is 13.0. The predicted octanol–water partition coefficient (Wildman–Crippen LogP) is 3.53. The molecule has 158 valence electrons. The van der Waals surface area contributed by atoms with E-state index >= 15 is 0 Å². The van der Waals surface area contributed by atoms with E-state index in [9.17, 15) is 4.79 Å². The minimum atomic E-state index is -0.0132. The molecular formula is C22H29ClN2O4. The van der Waals surface area contributed by atoms with Gasteiger partial charge in [0.2, 0.25) is 5.75 Å². The molecule has 0 unspecified atom stereocenters. The third-order valence-corrected chi connectivity index (χ3v) is 5.12. The van der Waals surface area contributed by atoms with E-state index in [4.69, 9.17) is 14.2 Å². The van der Waals surface area contributed by atoms with Crippen LogP contribution in [0.25, 0.3) is 0 Å². The van der Waals surface area contributed by atoms with E-state index in [2.05, 4.69) is 5.32 Å². The minimum absolute atomic E-state index is 0. The Morgan fingerprint density at radius 2 is 1.66 bits per heavy atom. The number of likely N-dealkylation sites (tertiary alicyclic amines) is 1. The molecule has 0 radical (unpaired) electrons. The molecule has 29 heavy (non-hydrogen) atoms. The Labute approximate surface area is 178 Å². The van der Waals surface area contributed by atoms with Gasteiger partial charge in [0.15, 0.2) is 11.5 Å². The molecule has 1 saturated heterocycles. The molecule has 1 aliphatic heterocycles. The molecule has 0 aliphatic carbocycles. The van der Waals surface area contributed by atoms with Crippen molar-refractivity contribution in [1.82, 2.24) is 10.2 Å². The maximum absolute atomic E-state index is 13.0. The predicted molar refractivity (Wildman–Crippen MR) is 116 cm³/mol. The molecule has 0 atom stereocenters. The number of benzene rings is 2. The highest BCUT2D eigenvalue weighted by atomic mass is 35.5. The van der Waals surface area contributed by atoms with E-state index < -0.39 is 0 Å². The van der Waals surface area contributed by atoms with Crippen LogP contribution >= 0.6 is 12.4 Å². The lowest BCUT2D eigenvalue weighted by Crippen LogP contribution is -2.43. The summed E-state index contributed by atoms with van der Waals surface area (Å²) in [5.74, 6) is 1.47. The number of methoxy groups -OCH3 is 2. The number of halogens is 1. The summed E-state index contributed by atoms with van der Waals surface area (Å²) in [4.78, 5) is 14.9. The van der Waals surface area contributed by atoms with Gasteiger partial charge in [0, 0.05) is 24.7 Å². The van der Waals surface area contributed by atoms with Crippen LogP contribution in [0, 0.1) is 0 Å². The molecule has 0 aromatic heterocycles. The van der Waals surface area contributed by atoms with Crippen molar-refractivity contribution in [1.29, 1.82) is 0 Å². The van der Waals surface area contributed by atoms with Crippen LogP contribution in [-0.4, -0.2) is 51.2 Å². The van der Waals surface area contributed by atoms with Gasteiger partial charge in [-0.3, -0.25) is 4.79 Å². The van der Waals surface area contributed by atoms with Crippen LogP contribution < -0.4 is 19.5 Å². The molecule has 6 nitrogen and oxygen atoms in total. The molecule has 1 heterocycles. The van der Waals surface area contributed by atoms with Crippen LogP contribution in [0.5, 0.6) is 17.2 Å². The number of carbonyl (C=O) groups is 1. The first-order valence-corrected chi connectivity index (χ1v) is 9.55. The van der Waals surface area contributed by atoms with Gasteiger partial charge in [0.25, 0.3) is 5.91 Å². The maximum Gasteiger partial charge on any atom is 0.254 e. The standard InChI is InChI=1S/C22H28N2O4.ClH/c1-23-18-9-11-24(12-10-18)22(25)17-13-19(26-2)21(20(14-17)27-3)28-15-16-7-5-4-6-8-16;/h4-8,13-14,18,23H,9-12,15H2,1-3H3;1H. The van der Waals surface area contributed by atoms with Crippen molar-refractivity contribution in [3.05, 3.63) is 53.6 Å². The lowest BCUT2D eigenvalue weighted by atomic mass is 10.0. The third-order valence-electron chi connectivity index (χ3n) is 5.12. The summed E-state index contributed by atoms with van der Waals surface area (Å²) >= 11 is 0. The Hall–Kier alpha value is -2.44. The van der Waals surface area contributed by atoms with Gasteiger partial charge in [-0.2, -0.15) is 0 Å². The molecule has 3 rings (SSSR count). The Bertz CT molecular complexity index is 768. The summed E-state index contributed by atoms with van der Waals surface area (Å²) in [6.45, 7) is 1.86. The Morgan fingerprint density at radius 1 is 1.07 bits per heavy atom. The van der Waals surface area contributed by atoms with E-state index in [1.165, 1.54) is 0 Å². The number of carbonyl (C=O) groups excluding carboxylic acids is 1. The van der Waals surface area contributed by atoms with Gasteiger partial charge in [-0.25, -0.2) is 0 Å². The first-order valence-electron chi connectivity index (χ1n) is 9.55. The number of piperidine rings is 1. The summed E-state index contributed by atoms with van der Waals surface area (Å²) in [5.41, 5.74) is 1.59. The Kier molecular flexibility index (Phi) is 8.61. The third kappa shape index (κ3) is 5.55. The van der Waals surface area contributed by atoms with Crippen LogP contribution in [0.1, 0.15) is 28.8 Å². The van der Waals surface area contributed by atoms with Gasteiger partial charge in [0.1, 0.15) is 6.61 Å². The molecule has 0 bridgehead atoms. The van der Waals surface area contributed by atoms with E-state index in [0.29, 0.717) is 35.5 Å². The zero-order valence-electron chi connectivity index (χ0n) is 17.1. The summed E-state index contributed by atoms with van der Waals surface area (Å²) in [6.07, 6.45) is 1.91. The summed E-state index contributed by atoms with van der Waals surface area (Å²) in [5, 5.41) is 3.28. The Morgan fingerprint density at radius 3 is 2.17 bits per heavy atom. The smallest absolute Gasteiger partial charge is 0.254 e. The molecule has 1 N–H and O–H groups in total. The minimum Gasteiger partial charge on any atom is -0.493 e.